The van der Waals surface area contributed by atoms with E-state index in [0.717, 1.165) is 11.1 Å². The molecule has 162 valence electrons. The SMILES string of the molecule is CC[C@H](C)[C@H](NC(=O)CCCC(C)(c1ccc(O)cc1)c1ccc(O)cc1)C(=O)O. The maximum absolute atomic E-state index is 12.4. The first-order chi connectivity index (χ1) is 14.2. The normalized spacial score (nSPS) is 13.4. The van der Waals surface area contributed by atoms with E-state index in [1.165, 1.54) is 0 Å². The number of hydrogen-bond donors (Lipinski definition) is 4. The molecule has 6 heteroatoms. The summed E-state index contributed by atoms with van der Waals surface area (Å²) >= 11 is 0. The monoisotopic (exact) mass is 413 g/mol. The van der Waals surface area contributed by atoms with Crippen molar-refractivity contribution >= 4 is 11.9 Å². The average Bonchev–Trinajstić information content (AvgIpc) is 2.72. The van der Waals surface area contributed by atoms with Gasteiger partial charge in [-0.05, 0) is 54.2 Å². The molecule has 0 bridgehead atoms. The predicted molar refractivity (Wildman–Crippen MR) is 116 cm³/mol. The Morgan fingerprint density at radius 2 is 1.43 bits per heavy atom. The Hall–Kier alpha value is -3.02. The second-order valence-corrected chi connectivity index (χ2v) is 8.05. The van der Waals surface area contributed by atoms with E-state index in [1.54, 1.807) is 24.3 Å². The second-order valence-electron chi connectivity index (χ2n) is 8.05. The Bertz CT molecular complexity index is 799. The Balaban J connectivity index is 2.13. The van der Waals surface area contributed by atoms with Crippen molar-refractivity contribution in [1.82, 2.24) is 5.32 Å². The van der Waals surface area contributed by atoms with Gasteiger partial charge in [-0.3, -0.25) is 4.79 Å². The minimum Gasteiger partial charge on any atom is -0.508 e. The molecule has 0 heterocycles. The molecule has 6 nitrogen and oxygen atoms in total. The number of phenolic OH excluding ortho intramolecular Hbond substituents is 2. The average molecular weight is 414 g/mol. The maximum Gasteiger partial charge on any atom is 0.326 e. The third-order valence-corrected chi connectivity index (χ3v) is 5.89. The highest BCUT2D eigenvalue weighted by Crippen LogP contribution is 2.38. The number of aliphatic carboxylic acids is 1. The molecule has 0 aliphatic rings. The first kappa shape index (κ1) is 23.3. The van der Waals surface area contributed by atoms with E-state index in [0.29, 0.717) is 19.3 Å². The Labute approximate surface area is 177 Å². The third kappa shape index (κ3) is 5.75. The van der Waals surface area contributed by atoms with Crippen LogP contribution in [-0.4, -0.2) is 33.2 Å². The first-order valence-electron chi connectivity index (χ1n) is 10.3. The van der Waals surface area contributed by atoms with Crippen molar-refractivity contribution < 1.29 is 24.9 Å². The van der Waals surface area contributed by atoms with Crippen LogP contribution in [0.5, 0.6) is 11.5 Å². The van der Waals surface area contributed by atoms with Crippen molar-refractivity contribution in [2.24, 2.45) is 5.92 Å². The van der Waals surface area contributed by atoms with Gasteiger partial charge in [0.15, 0.2) is 0 Å². The second kappa shape index (κ2) is 10.1. The molecular formula is C24H31NO5. The van der Waals surface area contributed by atoms with E-state index in [2.05, 4.69) is 12.2 Å². The lowest BCUT2D eigenvalue weighted by Gasteiger charge is -2.31. The van der Waals surface area contributed by atoms with Gasteiger partial charge in [-0.2, -0.15) is 0 Å². The molecule has 0 unspecified atom stereocenters. The number of hydrogen-bond acceptors (Lipinski definition) is 4. The first-order valence-corrected chi connectivity index (χ1v) is 10.3. The Morgan fingerprint density at radius 1 is 0.967 bits per heavy atom. The summed E-state index contributed by atoms with van der Waals surface area (Å²) in [6.07, 6.45) is 2.07. The smallest absolute Gasteiger partial charge is 0.326 e. The van der Waals surface area contributed by atoms with Crippen LogP contribution < -0.4 is 5.32 Å². The molecule has 0 fully saturated rings. The molecule has 2 aromatic carbocycles. The third-order valence-electron chi connectivity index (χ3n) is 5.89. The predicted octanol–water partition coefficient (Wildman–Crippen LogP) is 4.19. The molecule has 2 rings (SSSR count). The summed E-state index contributed by atoms with van der Waals surface area (Å²) in [4.78, 5) is 23.8. The summed E-state index contributed by atoms with van der Waals surface area (Å²) in [5.41, 5.74) is 1.52. The number of carbonyl (C=O) groups excluding carboxylic acids is 1. The van der Waals surface area contributed by atoms with Gasteiger partial charge < -0.3 is 20.6 Å². The number of carboxylic acid groups (broad SMARTS) is 1. The van der Waals surface area contributed by atoms with Crippen molar-refractivity contribution in [3.05, 3.63) is 59.7 Å². The highest BCUT2D eigenvalue weighted by atomic mass is 16.4. The minimum absolute atomic E-state index is 0.147. The zero-order chi connectivity index (χ0) is 22.3. The minimum atomic E-state index is -1.02. The molecule has 1 amide bonds. The molecule has 2 aromatic rings. The Kier molecular flexibility index (Phi) is 7.86. The van der Waals surface area contributed by atoms with Gasteiger partial charge in [-0.25, -0.2) is 4.79 Å². The molecule has 0 saturated carbocycles. The van der Waals surface area contributed by atoms with Crippen molar-refractivity contribution in [3.8, 4) is 11.5 Å². The number of carbonyl (C=O) groups is 2. The van der Waals surface area contributed by atoms with Gasteiger partial charge in [-0.15, -0.1) is 0 Å². The van der Waals surface area contributed by atoms with Gasteiger partial charge in [0.2, 0.25) is 5.91 Å². The molecule has 0 aromatic heterocycles. The molecule has 30 heavy (non-hydrogen) atoms. The van der Waals surface area contributed by atoms with E-state index in [9.17, 15) is 24.9 Å². The molecule has 4 N–H and O–H groups in total. The Morgan fingerprint density at radius 3 is 1.83 bits per heavy atom. The van der Waals surface area contributed by atoms with Crippen LogP contribution in [0.2, 0.25) is 0 Å². The van der Waals surface area contributed by atoms with E-state index < -0.39 is 17.4 Å². The topological polar surface area (TPSA) is 107 Å². The van der Waals surface area contributed by atoms with Gasteiger partial charge in [0.1, 0.15) is 17.5 Å². The molecular weight excluding hydrogens is 382 g/mol. The number of aromatic hydroxyl groups is 2. The van der Waals surface area contributed by atoms with Crippen molar-refractivity contribution in [1.29, 1.82) is 0 Å². The zero-order valence-corrected chi connectivity index (χ0v) is 17.8. The van der Waals surface area contributed by atoms with Gasteiger partial charge in [0.25, 0.3) is 0 Å². The fourth-order valence-electron chi connectivity index (χ4n) is 3.65. The number of carboxylic acids is 1. The fourth-order valence-corrected chi connectivity index (χ4v) is 3.65. The summed E-state index contributed by atoms with van der Waals surface area (Å²) in [7, 11) is 0. The number of rotatable bonds is 10. The summed E-state index contributed by atoms with van der Waals surface area (Å²) in [6, 6.07) is 13.0. The summed E-state index contributed by atoms with van der Waals surface area (Å²) in [6.45, 7) is 5.77. The fraction of sp³-hybridized carbons (Fsp3) is 0.417. The quantitative estimate of drug-likeness (QED) is 0.467. The van der Waals surface area contributed by atoms with Gasteiger partial charge >= 0.3 is 5.97 Å². The van der Waals surface area contributed by atoms with Crippen LogP contribution in [0.1, 0.15) is 57.6 Å². The summed E-state index contributed by atoms with van der Waals surface area (Å²) in [5.74, 6) is -1.09. The highest BCUT2D eigenvalue weighted by molar-refractivity contribution is 5.83. The molecule has 0 spiro atoms. The summed E-state index contributed by atoms with van der Waals surface area (Å²) < 4.78 is 0. The van der Waals surface area contributed by atoms with Gasteiger partial charge in [-0.1, -0.05) is 51.5 Å². The van der Waals surface area contributed by atoms with Crippen LogP contribution in [0, 0.1) is 5.92 Å². The number of benzene rings is 2. The largest absolute Gasteiger partial charge is 0.508 e. The van der Waals surface area contributed by atoms with E-state index >= 15 is 0 Å². The van der Waals surface area contributed by atoms with E-state index in [-0.39, 0.29) is 29.7 Å². The molecule has 0 saturated heterocycles. The van der Waals surface area contributed by atoms with Gasteiger partial charge in [0, 0.05) is 11.8 Å². The molecule has 0 aliphatic carbocycles. The highest BCUT2D eigenvalue weighted by Gasteiger charge is 2.30. The maximum atomic E-state index is 12.4. The van der Waals surface area contributed by atoms with Crippen LogP contribution in [0.15, 0.2) is 48.5 Å². The zero-order valence-electron chi connectivity index (χ0n) is 17.8. The molecule has 2 atom stereocenters. The number of phenols is 2. The lowest BCUT2D eigenvalue weighted by molar-refractivity contribution is -0.143. The van der Waals surface area contributed by atoms with Crippen molar-refractivity contribution in [2.75, 3.05) is 0 Å². The van der Waals surface area contributed by atoms with E-state index in [4.69, 9.17) is 0 Å². The standard InChI is InChI=1S/C24H31NO5/c1-4-16(2)22(23(29)30)25-21(28)6-5-15-24(3,17-7-11-19(26)12-8-17)18-9-13-20(27)14-10-18/h7-14,16,22,26-27H,4-6,15H2,1-3H3,(H,25,28)(H,29,30)/t16-,22-/m0/s1. The van der Waals surface area contributed by atoms with Crippen LogP contribution in [0.25, 0.3) is 0 Å². The van der Waals surface area contributed by atoms with Crippen LogP contribution in [0.4, 0.5) is 0 Å². The summed E-state index contributed by atoms with van der Waals surface area (Å²) in [5, 5.41) is 31.3. The number of nitrogens with one attached hydrogen (secondary N) is 1. The lowest BCUT2D eigenvalue weighted by Crippen LogP contribution is -2.45. The van der Waals surface area contributed by atoms with Gasteiger partial charge in [0.05, 0.1) is 0 Å². The van der Waals surface area contributed by atoms with Crippen LogP contribution in [0.3, 0.4) is 0 Å². The van der Waals surface area contributed by atoms with Crippen LogP contribution >= 0.6 is 0 Å². The van der Waals surface area contributed by atoms with Crippen LogP contribution in [-0.2, 0) is 15.0 Å². The van der Waals surface area contributed by atoms with Crippen molar-refractivity contribution in [3.63, 3.8) is 0 Å². The van der Waals surface area contributed by atoms with E-state index in [1.807, 2.05) is 38.1 Å². The van der Waals surface area contributed by atoms with Crippen molar-refractivity contribution in [2.45, 2.75) is 57.9 Å². The molecule has 0 aliphatic heterocycles. The molecule has 0 radical (unpaired) electrons. The number of amides is 1. The lowest BCUT2D eigenvalue weighted by atomic mass is 9.72.